The van der Waals surface area contributed by atoms with Crippen molar-refractivity contribution in [3.8, 4) is 0 Å². The van der Waals surface area contributed by atoms with Gasteiger partial charge in [-0.2, -0.15) is 0 Å². The molecule has 2 aliphatic rings. The summed E-state index contributed by atoms with van der Waals surface area (Å²) in [6, 6.07) is 0. The van der Waals surface area contributed by atoms with Crippen LogP contribution in [-0.4, -0.2) is 43.9 Å². The van der Waals surface area contributed by atoms with Crippen LogP contribution in [0.3, 0.4) is 0 Å². The topological polar surface area (TPSA) is 18.5 Å². The fourth-order valence-electron chi connectivity index (χ4n) is 4.09. The van der Waals surface area contributed by atoms with Crippen molar-refractivity contribution in [1.29, 1.82) is 0 Å². The molecule has 2 saturated carbocycles. The van der Waals surface area contributed by atoms with Gasteiger partial charge in [-0.15, -0.1) is 0 Å². The van der Waals surface area contributed by atoms with E-state index in [1.54, 1.807) is 0 Å². The maximum Gasteiger partial charge on any atom is 0.157 e. The second-order valence-electron chi connectivity index (χ2n) is 6.96. The minimum atomic E-state index is -1.62. The van der Waals surface area contributed by atoms with Gasteiger partial charge in [0, 0.05) is 19.6 Å². The van der Waals surface area contributed by atoms with Crippen molar-refractivity contribution in [2.45, 2.75) is 89.5 Å². The fourth-order valence-corrected chi connectivity index (χ4v) is 4.09. The fraction of sp³-hybridized carbons (Fsp3) is 1.00. The lowest BCUT2D eigenvalue weighted by Gasteiger charge is -2.42. The van der Waals surface area contributed by atoms with Crippen molar-refractivity contribution in [2.24, 2.45) is 11.8 Å². The van der Waals surface area contributed by atoms with Gasteiger partial charge in [0.2, 0.25) is 0 Å². The minimum absolute atomic E-state index is 0.0702. The summed E-state index contributed by atoms with van der Waals surface area (Å²) in [4.78, 5) is 0. The van der Waals surface area contributed by atoms with E-state index >= 15 is 0 Å². The Hall–Kier alpha value is -0.290. The highest BCUT2D eigenvalue weighted by Crippen LogP contribution is 2.43. The lowest BCUT2D eigenvalue weighted by molar-refractivity contribution is -0.102. The van der Waals surface area contributed by atoms with Gasteiger partial charge in [0.15, 0.2) is 6.17 Å². The number of alkyl halides is 3. The van der Waals surface area contributed by atoms with Gasteiger partial charge in [-0.1, -0.05) is 13.3 Å². The summed E-state index contributed by atoms with van der Waals surface area (Å²) >= 11 is 0. The lowest BCUT2D eigenvalue weighted by atomic mass is 9.70. The van der Waals surface area contributed by atoms with E-state index < -0.39 is 30.5 Å². The Morgan fingerprint density at radius 3 is 2.26 bits per heavy atom. The Kier molecular flexibility index (Phi) is 7.67. The van der Waals surface area contributed by atoms with Crippen LogP contribution in [-0.2, 0) is 9.47 Å². The molecule has 2 nitrogen and oxygen atoms in total. The van der Waals surface area contributed by atoms with Crippen molar-refractivity contribution < 1.29 is 22.6 Å². The van der Waals surface area contributed by atoms with Crippen LogP contribution in [0.15, 0.2) is 0 Å². The molecular formula is C18H31F3O2. The smallest absolute Gasteiger partial charge is 0.157 e. The highest BCUT2D eigenvalue weighted by atomic mass is 19.2. The van der Waals surface area contributed by atoms with Crippen molar-refractivity contribution in [1.82, 2.24) is 0 Å². The minimum Gasteiger partial charge on any atom is -0.378 e. The largest absolute Gasteiger partial charge is 0.378 e. The van der Waals surface area contributed by atoms with Crippen LogP contribution in [0, 0.1) is 11.8 Å². The van der Waals surface area contributed by atoms with E-state index in [0.717, 1.165) is 19.3 Å². The van der Waals surface area contributed by atoms with Gasteiger partial charge < -0.3 is 9.47 Å². The maximum atomic E-state index is 14.6. The van der Waals surface area contributed by atoms with Crippen molar-refractivity contribution in [2.75, 3.05) is 13.2 Å². The zero-order chi connectivity index (χ0) is 16.8. The van der Waals surface area contributed by atoms with Crippen molar-refractivity contribution >= 4 is 0 Å². The van der Waals surface area contributed by atoms with Crippen LogP contribution in [0.1, 0.15) is 58.8 Å². The Morgan fingerprint density at radius 1 is 0.870 bits per heavy atom. The van der Waals surface area contributed by atoms with Gasteiger partial charge in [-0.25, -0.2) is 13.2 Å². The molecule has 2 rings (SSSR count). The molecule has 5 heteroatoms. The quantitative estimate of drug-likeness (QED) is 0.622. The second kappa shape index (κ2) is 9.26. The molecule has 0 aromatic carbocycles. The Balaban J connectivity index is 1.87. The average molecular weight is 336 g/mol. The van der Waals surface area contributed by atoms with Gasteiger partial charge in [0.1, 0.15) is 12.3 Å². The molecule has 23 heavy (non-hydrogen) atoms. The molecule has 2 fully saturated rings. The maximum absolute atomic E-state index is 14.6. The van der Waals surface area contributed by atoms with Crippen LogP contribution in [0.5, 0.6) is 0 Å². The molecule has 0 N–H and O–H groups in total. The molecule has 2 aliphatic carbocycles. The standard InChI is InChI=1S/C18H31F3O2/c1-3-5-10-23-16-9-8-14(17(20)18(16)21)13-7-6-12(22-4-2)11-15(13)19/h12-18H,3-11H2,1-2H3. The summed E-state index contributed by atoms with van der Waals surface area (Å²) in [7, 11) is 0. The molecule has 136 valence electrons. The third-order valence-corrected chi connectivity index (χ3v) is 5.41. The van der Waals surface area contributed by atoms with Gasteiger partial charge in [-0.3, -0.25) is 0 Å². The van der Waals surface area contributed by atoms with E-state index in [2.05, 4.69) is 0 Å². The van der Waals surface area contributed by atoms with Crippen LogP contribution in [0.4, 0.5) is 13.2 Å². The van der Waals surface area contributed by atoms with Crippen LogP contribution >= 0.6 is 0 Å². The normalized spacial score (nSPS) is 41.9. The molecule has 7 unspecified atom stereocenters. The van der Waals surface area contributed by atoms with E-state index in [0.29, 0.717) is 38.9 Å². The molecule has 0 saturated heterocycles. The zero-order valence-electron chi connectivity index (χ0n) is 14.4. The number of unbranched alkanes of at least 4 members (excludes halogenated alkanes) is 1. The molecule has 7 atom stereocenters. The predicted molar refractivity (Wildman–Crippen MR) is 84.8 cm³/mol. The summed E-state index contributed by atoms with van der Waals surface area (Å²) in [5.41, 5.74) is 0. The second-order valence-corrected chi connectivity index (χ2v) is 6.96. The molecule has 0 aliphatic heterocycles. The number of hydrogen-bond acceptors (Lipinski definition) is 2. The van der Waals surface area contributed by atoms with E-state index in [1.165, 1.54) is 0 Å². The van der Waals surface area contributed by atoms with Crippen LogP contribution in [0.25, 0.3) is 0 Å². The first-order valence-electron chi connectivity index (χ1n) is 9.23. The SMILES string of the molecule is CCCCOC1CCC(C2CCC(OCC)CC2F)C(F)C1F. The first kappa shape index (κ1) is 19.0. The highest BCUT2D eigenvalue weighted by molar-refractivity contribution is 4.95. The van der Waals surface area contributed by atoms with Gasteiger partial charge in [0.05, 0.1) is 12.2 Å². The van der Waals surface area contributed by atoms with Gasteiger partial charge in [0.25, 0.3) is 0 Å². The number of rotatable bonds is 7. The molecule has 0 aromatic heterocycles. The summed E-state index contributed by atoms with van der Waals surface area (Å²) < 4.78 is 54.3. The van der Waals surface area contributed by atoms with Crippen LogP contribution < -0.4 is 0 Å². The molecule has 0 heterocycles. The third kappa shape index (κ3) is 4.85. The van der Waals surface area contributed by atoms with E-state index in [4.69, 9.17) is 9.47 Å². The number of hydrogen-bond donors (Lipinski definition) is 0. The first-order chi connectivity index (χ1) is 11.1. The molecular weight excluding hydrogens is 305 g/mol. The zero-order valence-corrected chi connectivity index (χ0v) is 14.4. The van der Waals surface area contributed by atoms with Crippen LogP contribution in [0.2, 0.25) is 0 Å². The van der Waals surface area contributed by atoms with Gasteiger partial charge >= 0.3 is 0 Å². The lowest BCUT2D eigenvalue weighted by Crippen LogP contribution is -2.48. The molecule has 0 spiro atoms. The first-order valence-corrected chi connectivity index (χ1v) is 9.23. The summed E-state index contributed by atoms with van der Waals surface area (Å²) in [6.07, 6.45) is -0.565. The van der Waals surface area contributed by atoms with Gasteiger partial charge in [-0.05, 0) is 50.9 Å². The number of halogens is 3. The molecule has 0 aromatic rings. The Bertz CT molecular complexity index is 342. The van der Waals surface area contributed by atoms with Crippen molar-refractivity contribution in [3.63, 3.8) is 0 Å². The molecule has 0 radical (unpaired) electrons. The third-order valence-electron chi connectivity index (χ3n) is 5.41. The Labute approximate surface area is 138 Å². The summed E-state index contributed by atoms with van der Waals surface area (Å²) in [5.74, 6) is -0.898. The Morgan fingerprint density at radius 2 is 1.61 bits per heavy atom. The van der Waals surface area contributed by atoms with Crippen molar-refractivity contribution in [3.05, 3.63) is 0 Å². The molecule has 0 bridgehead atoms. The summed E-state index contributed by atoms with van der Waals surface area (Å²) in [5, 5.41) is 0. The molecule has 0 amide bonds. The summed E-state index contributed by atoms with van der Waals surface area (Å²) in [6.45, 7) is 4.97. The monoisotopic (exact) mass is 336 g/mol. The predicted octanol–water partition coefficient (Wildman–Crippen LogP) is 4.80. The van der Waals surface area contributed by atoms with E-state index in [1.807, 2.05) is 13.8 Å². The number of ether oxygens (including phenoxy) is 2. The highest BCUT2D eigenvalue weighted by Gasteiger charge is 2.47. The average Bonchev–Trinajstić information content (AvgIpc) is 2.53. The van der Waals surface area contributed by atoms with E-state index in [-0.39, 0.29) is 12.0 Å². The van der Waals surface area contributed by atoms with E-state index in [9.17, 15) is 13.2 Å².